The Morgan fingerprint density at radius 2 is 1.67 bits per heavy atom. The van der Waals surface area contributed by atoms with E-state index in [4.69, 9.17) is 0 Å². The van der Waals surface area contributed by atoms with Crippen LogP contribution in [0.15, 0.2) is 59.5 Å². The molecule has 1 atom stereocenters. The Morgan fingerprint density at radius 1 is 1.00 bits per heavy atom. The van der Waals surface area contributed by atoms with E-state index < -0.39 is 20.9 Å². The lowest BCUT2D eigenvalue weighted by atomic mass is 10.2. The lowest BCUT2D eigenvalue weighted by molar-refractivity contribution is 0.582. The summed E-state index contributed by atoms with van der Waals surface area (Å²) in [6, 6.07) is 14.0. The molecule has 2 rings (SSSR count). The van der Waals surface area contributed by atoms with Crippen LogP contribution in [-0.2, 0) is 9.84 Å². The highest BCUT2D eigenvalue weighted by Crippen LogP contribution is 2.28. The molecule has 0 amide bonds. The van der Waals surface area contributed by atoms with Crippen LogP contribution in [0.25, 0.3) is 0 Å². The van der Waals surface area contributed by atoms with Gasteiger partial charge in [0.2, 0.25) is 0 Å². The molecule has 0 bridgehead atoms. The van der Waals surface area contributed by atoms with Crippen LogP contribution in [-0.4, -0.2) is 8.42 Å². The molecule has 0 saturated carbocycles. The average Bonchev–Trinajstić information content (AvgIpc) is 2.39. The number of rotatable bonds is 3. The highest BCUT2D eigenvalue weighted by Gasteiger charge is 2.24. The molecule has 0 aliphatic rings. The Kier molecular flexibility index (Phi) is 3.48. The molecule has 0 radical (unpaired) electrons. The molecule has 0 unspecified atom stereocenters. The van der Waals surface area contributed by atoms with Crippen molar-refractivity contribution in [2.24, 2.45) is 0 Å². The second kappa shape index (κ2) is 4.90. The van der Waals surface area contributed by atoms with Crippen molar-refractivity contribution in [2.45, 2.75) is 17.1 Å². The van der Waals surface area contributed by atoms with Gasteiger partial charge >= 0.3 is 0 Å². The fourth-order valence-corrected chi connectivity index (χ4v) is 3.22. The van der Waals surface area contributed by atoms with Crippen LogP contribution in [0.3, 0.4) is 0 Å². The Balaban J connectivity index is 2.44. The second-order valence-corrected chi connectivity index (χ2v) is 6.32. The van der Waals surface area contributed by atoms with Crippen molar-refractivity contribution in [1.82, 2.24) is 0 Å². The average molecular weight is 264 g/mol. The van der Waals surface area contributed by atoms with Gasteiger partial charge < -0.3 is 0 Å². The Bertz CT molecular complexity index is 636. The van der Waals surface area contributed by atoms with Crippen molar-refractivity contribution in [2.75, 3.05) is 0 Å². The SMILES string of the molecule is C[C@H](c1ccccc1)S(=O)(=O)c1cccc(F)c1. The zero-order chi connectivity index (χ0) is 13.2. The quantitative estimate of drug-likeness (QED) is 0.851. The third-order valence-electron chi connectivity index (χ3n) is 2.86. The monoisotopic (exact) mass is 264 g/mol. The molecule has 2 aromatic carbocycles. The third-order valence-corrected chi connectivity index (χ3v) is 4.97. The van der Waals surface area contributed by atoms with E-state index in [9.17, 15) is 12.8 Å². The minimum absolute atomic E-state index is 0.0128. The number of sulfone groups is 1. The standard InChI is InChI=1S/C14H13FO2S/c1-11(12-6-3-2-4-7-12)18(16,17)14-9-5-8-13(15)10-14/h2-11H,1H3/t11-/m1/s1. The molecule has 0 fully saturated rings. The van der Waals surface area contributed by atoms with Crippen LogP contribution in [0.5, 0.6) is 0 Å². The fourth-order valence-electron chi connectivity index (χ4n) is 1.75. The summed E-state index contributed by atoms with van der Waals surface area (Å²) >= 11 is 0. The summed E-state index contributed by atoms with van der Waals surface area (Å²) in [4.78, 5) is 0.0128. The molecule has 94 valence electrons. The largest absolute Gasteiger partial charge is 0.223 e. The van der Waals surface area contributed by atoms with Gasteiger partial charge in [0.25, 0.3) is 0 Å². The lowest BCUT2D eigenvalue weighted by Gasteiger charge is -2.13. The molecule has 0 aliphatic carbocycles. The normalized spacial score (nSPS) is 13.2. The van der Waals surface area contributed by atoms with E-state index in [0.29, 0.717) is 5.56 Å². The zero-order valence-corrected chi connectivity index (χ0v) is 10.7. The fraction of sp³-hybridized carbons (Fsp3) is 0.143. The first-order valence-electron chi connectivity index (χ1n) is 5.56. The lowest BCUT2D eigenvalue weighted by Crippen LogP contribution is -2.10. The maximum absolute atomic E-state index is 13.1. The molecular weight excluding hydrogens is 251 g/mol. The van der Waals surface area contributed by atoms with Gasteiger partial charge in [-0.15, -0.1) is 0 Å². The summed E-state index contributed by atoms with van der Waals surface area (Å²) in [6.45, 7) is 1.61. The van der Waals surface area contributed by atoms with E-state index in [0.717, 1.165) is 6.07 Å². The van der Waals surface area contributed by atoms with Crippen molar-refractivity contribution < 1.29 is 12.8 Å². The van der Waals surface area contributed by atoms with Crippen molar-refractivity contribution in [1.29, 1.82) is 0 Å². The maximum Gasteiger partial charge on any atom is 0.185 e. The van der Waals surface area contributed by atoms with Gasteiger partial charge in [-0.25, -0.2) is 12.8 Å². The van der Waals surface area contributed by atoms with Crippen LogP contribution < -0.4 is 0 Å². The third kappa shape index (κ3) is 2.43. The number of halogens is 1. The van der Waals surface area contributed by atoms with Gasteiger partial charge in [-0.2, -0.15) is 0 Å². The molecular formula is C14H13FO2S. The smallest absolute Gasteiger partial charge is 0.185 e. The van der Waals surface area contributed by atoms with Crippen molar-refractivity contribution in [3.05, 3.63) is 66.0 Å². The Hall–Kier alpha value is -1.68. The molecule has 0 N–H and O–H groups in total. The van der Waals surface area contributed by atoms with Crippen LogP contribution in [0.4, 0.5) is 4.39 Å². The molecule has 0 spiro atoms. The van der Waals surface area contributed by atoms with E-state index in [1.807, 2.05) is 6.07 Å². The first kappa shape index (κ1) is 12.8. The van der Waals surface area contributed by atoms with Gasteiger partial charge in [0.15, 0.2) is 9.84 Å². The minimum atomic E-state index is -3.55. The summed E-state index contributed by atoms with van der Waals surface area (Å²) in [7, 11) is -3.55. The van der Waals surface area contributed by atoms with Crippen LogP contribution in [0, 0.1) is 5.82 Å². The van der Waals surface area contributed by atoms with Gasteiger partial charge in [0.1, 0.15) is 5.82 Å². The summed E-state index contributed by atoms with van der Waals surface area (Å²) in [5.41, 5.74) is 0.696. The van der Waals surface area contributed by atoms with Crippen molar-refractivity contribution in [3.8, 4) is 0 Å². The molecule has 4 heteroatoms. The highest BCUT2D eigenvalue weighted by molar-refractivity contribution is 7.91. The number of hydrogen-bond donors (Lipinski definition) is 0. The van der Waals surface area contributed by atoms with E-state index in [1.165, 1.54) is 18.2 Å². The summed E-state index contributed by atoms with van der Waals surface area (Å²) < 4.78 is 37.7. The number of hydrogen-bond acceptors (Lipinski definition) is 2. The van der Waals surface area contributed by atoms with Crippen LogP contribution in [0.1, 0.15) is 17.7 Å². The molecule has 0 aromatic heterocycles. The maximum atomic E-state index is 13.1. The first-order valence-corrected chi connectivity index (χ1v) is 7.11. The predicted molar refractivity (Wildman–Crippen MR) is 68.4 cm³/mol. The molecule has 0 aliphatic heterocycles. The molecule has 0 saturated heterocycles. The predicted octanol–water partition coefficient (Wildman–Crippen LogP) is 3.36. The highest BCUT2D eigenvalue weighted by atomic mass is 32.2. The van der Waals surface area contributed by atoms with Crippen molar-refractivity contribution in [3.63, 3.8) is 0 Å². The van der Waals surface area contributed by atoms with Gasteiger partial charge in [-0.05, 0) is 30.7 Å². The van der Waals surface area contributed by atoms with Crippen molar-refractivity contribution >= 4 is 9.84 Å². The molecule has 18 heavy (non-hydrogen) atoms. The van der Waals surface area contributed by atoms with E-state index >= 15 is 0 Å². The van der Waals surface area contributed by atoms with Gasteiger partial charge in [-0.1, -0.05) is 36.4 Å². The Morgan fingerprint density at radius 3 is 2.28 bits per heavy atom. The minimum Gasteiger partial charge on any atom is -0.223 e. The van der Waals surface area contributed by atoms with Crippen LogP contribution >= 0.6 is 0 Å². The summed E-state index contributed by atoms with van der Waals surface area (Å²) in [6.07, 6.45) is 0. The first-order chi connectivity index (χ1) is 8.51. The van der Waals surface area contributed by atoms with Crippen LogP contribution in [0.2, 0.25) is 0 Å². The van der Waals surface area contributed by atoms with E-state index in [2.05, 4.69) is 0 Å². The summed E-state index contributed by atoms with van der Waals surface area (Å²) in [5, 5.41) is -0.694. The Labute approximate surface area is 106 Å². The molecule has 2 aromatic rings. The molecule has 2 nitrogen and oxygen atoms in total. The van der Waals surface area contributed by atoms with Gasteiger partial charge in [0.05, 0.1) is 10.1 Å². The van der Waals surface area contributed by atoms with E-state index in [-0.39, 0.29) is 4.90 Å². The zero-order valence-electron chi connectivity index (χ0n) is 9.88. The van der Waals surface area contributed by atoms with Gasteiger partial charge in [0, 0.05) is 0 Å². The van der Waals surface area contributed by atoms with E-state index in [1.54, 1.807) is 31.2 Å². The molecule has 0 heterocycles. The summed E-state index contributed by atoms with van der Waals surface area (Å²) in [5.74, 6) is -0.545. The van der Waals surface area contributed by atoms with Gasteiger partial charge in [-0.3, -0.25) is 0 Å². The number of benzene rings is 2. The second-order valence-electron chi connectivity index (χ2n) is 4.06. The topological polar surface area (TPSA) is 34.1 Å².